The van der Waals surface area contributed by atoms with Gasteiger partial charge < -0.3 is 10.6 Å². The normalized spacial score (nSPS) is 13.4. The van der Waals surface area contributed by atoms with E-state index in [1.165, 1.54) is 6.42 Å². The van der Waals surface area contributed by atoms with Crippen LogP contribution in [0.15, 0.2) is 12.3 Å². The van der Waals surface area contributed by atoms with Crippen LogP contribution in [0.25, 0.3) is 0 Å². The van der Waals surface area contributed by atoms with Crippen LogP contribution in [0.1, 0.15) is 20.3 Å². The lowest BCUT2D eigenvalue weighted by atomic mass is 10.2. The topological polar surface area (TPSA) is 47.1 Å². The van der Waals surface area contributed by atoms with Crippen molar-refractivity contribution in [3.63, 3.8) is 0 Å². The molecule has 0 fully saturated rings. The van der Waals surface area contributed by atoms with Gasteiger partial charge in [-0.1, -0.05) is 6.92 Å². The summed E-state index contributed by atoms with van der Waals surface area (Å²) in [6.45, 7) is 6.35. The van der Waals surface area contributed by atoms with Gasteiger partial charge in [-0.3, -0.25) is 4.68 Å². The quantitative estimate of drug-likeness (QED) is 0.769. The number of likely N-dealkylation sites (N-methyl/N-ethyl adjacent to an activating group) is 1. The van der Waals surface area contributed by atoms with Crippen molar-refractivity contribution in [1.29, 1.82) is 0 Å². The van der Waals surface area contributed by atoms with Crippen LogP contribution in [0.4, 0.5) is 5.82 Å². The third-order valence-corrected chi connectivity index (χ3v) is 2.69. The zero-order valence-corrected chi connectivity index (χ0v) is 9.27. The predicted molar refractivity (Wildman–Crippen MR) is 59.0 cm³/mol. The molecule has 14 heavy (non-hydrogen) atoms. The molecule has 0 saturated heterocycles. The summed E-state index contributed by atoms with van der Waals surface area (Å²) >= 11 is 0. The van der Waals surface area contributed by atoms with Crippen LogP contribution < -0.4 is 5.73 Å². The third kappa shape index (κ3) is 3.03. The van der Waals surface area contributed by atoms with Gasteiger partial charge in [-0.15, -0.1) is 0 Å². The molecule has 4 nitrogen and oxygen atoms in total. The molecule has 2 N–H and O–H groups in total. The Morgan fingerprint density at radius 3 is 2.86 bits per heavy atom. The second-order valence-corrected chi connectivity index (χ2v) is 3.74. The molecule has 1 heterocycles. The van der Waals surface area contributed by atoms with Gasteiger partial charge in [0.05, 0.1) is 6.54 Å². The number of rotatable bonds is 5. The summed E-state index contributed by atoms with van der Waals surface area (Å²) in [5.74, 6) is 0.594. The van der Waals surface area contributed by atoms with E-state index >= 15 is 0 Å². The minimum Gasteiger partial charge on any atom is -0.382 e. The van der Waals surface area contributed by atoms with Crippen LogP contribution in [-0.2, 0) is 6.54 Å². The highest BCUT2D eigenvalue weighted by Crippen LogP contribution is 2.01. The first-order valence-electron chi connectivity index (χ1n) is 5.12. The van der Waals surface area contributed by atoms with Crippen LogP contribution in [0, 0.1) is 0 Å². The standard InChI is InChI=1S/C10H20N4/c1-4-9(2)13(3)7-8-14-6-5-10(11)12-14/h5-6,9H,4,7-8H2,1-3H3,(H2,11,12). The molecule has 0 radical (unpaired) electrons. The molecular weight excluding hydrogens is 176 g/mol. The molecular formula is C10H20N4. The summed E-state index contributed by atoms with van der Waals surface area (Å²) in [5, 5.41) is 4.14. The van der Waals surface area contributed by atoms with Crippen molar-refractivity contribution in [2.45, 2.75) is 32.9 Å². The fourth-order valence-corrected chi connectivity index (χ4v) is 1.29. The molecule has 1 unspecified atom stereocenters. The third-order valence-electron chi connectivity index (χ3n) is 2.69. The molecule has 1 rings (SSSR count). The number of nitrogens with two attached hydrogens (primary N) is 1. The van der Waals surface area contributed by atoms with Gasteiger partial charge in [0.1, 0.15) is 5.82 Å². The highest BCUT2D eigenvalue weighted by molar-refractivity contribution is 5.23. The number of nitrogen functional groups attached to an aromatic ring is 1. The van der Waals surface area contributed by atoms with E-state index in [-0.39, 0.29) is 0 Å². The van der Waals surface area contributed by atoms with Gasteiger partial charge >= 0.3 is 0 Å². The summed E-state index contributed by atoms with van der Waals surface area (Å²) in [5.41, 5.74) is 5.53. The molecule has 1 atom stereocenters. The van der Waals surface area contributed by atoms with Crippen LogP contribution >= 0.6 is 0 Å². The molecule has 80 valence electrons. The number of hydrogen-bond donors (Lipinski definition) is 1. The number of anilines is 1. The van der Waals surface area contributed by atoms with Crippen molar-refractivity contribution in [3.05, 3.63) is 12.3 Å². The zero-order chi connectivity index (χ0) is 10.6. The summed E-state index contributed by atoms with van der Waals surface area (Å²) in [4.78, 5) is 2.33. The molecule has 0 aliphatic carbocycles. The summed E-state index contributed by atoms with van der Waals surface area (Å²) in [6.07, 6.45) is 3.09. The van der Waals surface area contributed by atoms with E-state index in [0.717, 1.165) is 13.1 Å². The molecule has 0 aromatic carbocycles. The van der Waals surface area contributed by atoms with Gasteiger partial charge in [0.2, 0.25) is 0 Å². The summed E-state index contributed by atoms with van der Waals surface area (Å²) in [7, 11) is 2.14. The van der Waals surface area contributed by atoms with Gasteiger partial charge in [0.25, 0.3) is 0 Å². The lowest BCUT2D eigenvalue weighted by Gasteiger charge is -2.23. The molecule has 0 bridgehead atoms. The number of hydrogen-bond acceptors (Lipinski definition) is 3. The maximum absolute atomic E-state index is 5.53. The lowest BCUT2D eigenvalue weighted by molar-refractivity contribution is 0.239. The highest BCUT2D eigenvalue weighted by Gasteiger charge is 2.06. The van der Waals surface area contributed by atoms with E-state index in [1.54, 1.807) is 0 Å². The van der Waals surface area contributed by atoms with E-state index in [0.29, 0.717) is 11.9 Å². The number of aromatic nitrogens is 2. The van der Waals surface area contributed by atoms with Crippen LogP contribution in [0.5, 0.6) is 0 Å². The van der Waals surface area contributed by atoms with Gasteiger partial charge in [0.15, 0.2) is 0 Å². The Bertz CT molecular complexity index is 269. The molecule has 4 heteroatoms. The Balaban J connectivity index is 2.33. The van der Waals surface area contributed by atoms with Crippen LogP contribution in [0.2, 0.25) is 0 Å². The second-order valence-electron chi connectivity index (χ2n) is 3.74. The van der Waals surface area contributed by atoms with E-state index in [4.69, 9.17) is 5.73 Å². The van der Waals surface area contributed by atoms with Gasteiger partial charge in [-0.05, 0) is 26.5 Å². The maximum Gasteiger partial charge on any atom is 0.145 e. The van der Waals surface area contributed by atoms with E-state index in [9.17, 15) is 0 Å². The maximum atomic E-state index is 5.53. The van der Waals surface area contributed by atoms with Crippen molar-refractivity contribution >= 4 is 5.82 Å². The Kier molecular flexibility index (Phi) is 3.95. The zero-order valence-electron chi connectivity index (χ0n) is 9.27. The highest BCUT2D eigenvalue weighted by atomic mass is 15.3. The lowest BCUT2D eigenvalue weighted by Crippen LogP contribution is -2.31. The molecule has 0 amide bonds. The first kappa shape index (κ1) is 11.0. The Morgan fingerprint density at radius 1 is 1.64 bits per heavy atom. The van der Waals surface area contributed by atoms with Crippen molar-refractivity contribution in [2.75, 3.05) is 19.3 Å². The molecule has 0 aliphatic heterocycles. The Morgan fingerprint density at radius 2 is 2.36 bits per heavy atom. The van der Waals surface area contributed by atoms with E-state index in [2.05, 4.69) is 30.9 Å². The first-order chi connectivity index (χ1) is 6.63. The van der Waals surface area contributed by atoms with Crippen LogP contribution in [-0.4, -0.2) is 34.3 Å². The minimum atomic E-state index is 0.594. The van der Waals surface area contributed by atoms with Crippen molar-refractivity contribution in [1.82, 2.24) is 14.7 Å². The van der Waals surface area contributed by atoms with Crippen LogP contribution in [0.3, 0.4) is 0 Å². The van der Waals surface area contributed by atoms with Gasteiger partial charge in [-0.25, -0.2) is 0 Å². The minimum absolute atomic E-state index is 0.594. The second kappa shape index (κ2) is 5.00. The Labute approximate surface area is 85.7 Å². The summed E-state index contributed by atoms with van der Waals surface area (Å²) < 4.78 is 1.88. The molecule has 0 aliphatic rings. The van der Waals surface area contributed by atoms with Crippen molar-refractivity contribution < 1.29 is 0 Å². The molecule has 1 aromatic heterocycles. The van der Waals surface area contributed by atoms with E-state index in [1.807, 2.05) is 16.9 Å². The molecule has 1 aromatic rings. The van der Waals surface area contributed by atoms with Gasteiger partial charge in [-0.2, -0.15) is 5.10 Å². The van der Waals surface area contributed by atoms with Crippen molar-refractivity contribution in [3.8, 4) is 0 Å². The smallest absolute Gasteiger partial charge is 0.145 e. The average Bonchev–Trinajstić information content (AvgIpc) is 2.59. The average molecular weight is 196 g/mol. The number of nitrogens with zero attached hydrogens (tertiary/aromatic N) is 3. The fraction of sp³-hybridized carbons (Fsp3) is 0.700. The van der Waals surface area contributed by atoms with Gasteiger partial charge in [0, 0.05) is 18.8 Å². The predicted octanol–water partition coefficient (Wildman–Crippen LogP) is 1.20. The SMILES string of the molecule is CCC(C)N(C)CCn1ccc(N)n1. The molecule has 0 saturated carbocycles. The first-order valence-corrected chi connectivity index (χ1v) is 5.12. The Hall–Kier alpha value is -1.03. The molecule has 0 spiro atoms. The fourth-order valence-electron chi connectivity index (χ4n) is 1.29. The monoisotopic (exact) mass is 196 g/mol. The van der Waals surface area contributed by atoms with Crippen molar-refractivity contribution in [2.24, 2.45) is 0 Å². The van der Waals surface area contributed by atoms with E-state index < -0.39 is 0 Å². The summed E-state index contributed by atoms with van der Waals surface area (Å²) in [6, 6.07) is 2.45. The largest absolute Gasteiger partial charge is 0.382 e.